The molecule has 3 aliphatic rings. The van der Waals surface area contributed by atoms with Crippen LogP contribution in [0.3, 0.4) is 0 Å². The average molecular weight is 599 g/mol. The van der Waals surface area contributed by atoms with Crippen LogP contribution in [0.2, 0.25) is 0 Å². The summed E-state index contributed by atoms with van der Waals surface area (Å²) in [4.78, 5) is 26.8. The van der Waals surface area contributed by atoms with Crippen LogP contribution in [0.1, 0.15) is 73.3 Å². The Labute approximate surface area is 237 Å². The predicted molar refractivity (Wildman–Crippen MR) is 137 cm³/mol. The summed E-state index contributed by atoms with van der Waals surface area (Å²) in [6.07, 6.45) is -8.02. The fraction of sp³-hybridized carbons (Fsp3) is 0.467. The number of nitrogens with zero attached hydrogens (tertiary/aromatic N) is 1. The van der Waals surface area contributed by atoms with Crippen molar-refractivity contribution in [2.75, 3.05) is 6.54 Å². The molecule has 0 radical (unpaired) electrons. The zero-order chi connectivity index (χ0) is 30.4. The first-order valence-corrected chi connectivity index (χ1v) is 13.7. The molecule has 2 aliphatic heterocycles. The highest BCUT2D eigenvalue weighted by atomic mass is 19.4. The molecule has 2 saturated heterocycles. The molecule has 1 amide bonds. The van der Waals surface area contributed by atoms with Gasteiger partial charge >= 0.3 is 12.4 Å². The fourth-order valence-electron chi connectivity index (χ4n) is 6.23. The topological polar surface area (TPSA) is 58.6 Å². The van der Waals surface area contributed by atoms with Crippen LogP contribution in [-0.4, -0.2) is 41.3 Å². The van der Waals surface area contributed by atoms with Gasteiger partial charge in [0.2, 0.25) is 5.91 Å². The van der Waals surface area contributed by atoms with Crippen molar-refractivity contribution in [3.8, 4) is 0 Å². The summed E-state index contributed by atoms with van der Waals surface area (Å²) in [7, 11) is 0. The van der Waals surface area contributed by atoms with Gasteiger partial charge in [-0.05, 0) is 67.6 Å². The van der Waals surface area contributed by atoms with Crippen LogP contribution in [0, 0.1) is 5.82 Å². The number of halogens is 7. The molecule has 2 fully saturated rings. The van der Waals surface area contributed by atoms with E-state index in [0.29, 0.717) is 43.4 Å². The van der Waals surface area contributed by atoms with Crippen molar-refractivity contribution >= 4 is 11.7 Å². The number of carbonyl (C=O) groups is 2. The number of benzene rings is 2. The molecule has 1 N–H and O–H groups in total. The quantitative estimate of drug-likeness (QED) is 0.377. The third kappa shape index (κ3) is 6.48. The third-order valence-corrected chi connectivity index (χ3v) is 8.17. The van der Waals surface area contributed by atoms with E-state index in [0.717, 1.165) is 5.70 Å². The minimum absolute atomic E-state index is 0.00305. The minimum Gasteiger partial charge on any atom is -0.385 e. The molecule has 0 bridgehead atoms. The number of alkyl halides is 6. The van der Waals surface area contributed by atoms with Crippen molar-refractivity contribution in [1.29, 1.82) is 0 Å². The van der Waals surface area contributed by atoms with Crippen LogP contribution in [0.25, 0.3) is 0 Å². The van der Waals surface area contributed by atoms with Gasteiger partial charge in [0, 0.05) is 49.2 Å². The molecule has 2 aromatic rings. The maximum absolute atomic E-state index is 13.8. The Bertz CT molecular complexity index is 1340. The Balaban J connectivity index is 1.44. The van der Waals surface area contributed by atoms with Crippen LogP contribution in [0.4, 0.5) is 30.7 Å². The van der Waals surface area contributed by atoms with E-state index >= 15 is 0 Å². The van der Waals surface area contributed by atoms with Crippen molar-refractivity contribution in [1.82, 2.24) is 10.2 Å². The Morgan fingerprint density at radius 1 is 0.952 bits per heavy atom. The van der Waals surface area contributed by atoms with E-state index in [1.165, 1.54) is 19.1 Å². The van der Waals surface area contributed by atoms with E-state index in [-0.39, 0.29) is 42.3 Å². The van der Waals surface area contributed by atoms with Gasteiger partial charge in [-0.2, -0.15) is 26.3 Å². The highest BCUT2D eigenvalue weighted by molar-refractivity contribution is 5.91. The van der Waals surface area contributed by atoms with Crippen molar-refractivity contribution in [2.45, 2.75) is 81.6 Å². The highest BCUT2D eigenvalue weighted by Gasteiger charge is 2.49. The van der Waals surface area contributed by atoms with Crippen LogP contribution in [-0.2, 0) is 26.7 Å². The van der Waals surface area contributed by atoms with Crippen molar-refractivity contribution < 1.29 is 45.1 Å². The van der Waals surface area contributed by atoms with E-state index < -0.39 is 53.5 Å². The average Bonchev–Trinajstić information content (AvgIpc) is 3.26. The Hall–Kier alpha value is -3.41. The number of nitrogens with one attached hydrogen (secondary N) is 1. The summed E-state index contributed by atoms with van der Waals surface area (Å²) in [5.41, 5.74) is -1.82. The molecule has 2 aromatic carbocycles. The first kappa shape index (κ1) is 30.1. The highest BCUT2D eigenvalue weighted by Crippen LogP contribution is 2.44. The third-order valence-electron chi connectivity index (χ3n) is 8.17. The molecule has 12 heteroatoms. The zero-order valence-corrected chi connectivity index (χ0v) is 22.6. The largest absolute Gasteiger partial charge is 0.416 e. The molecule has 1 aliphatic carbocycles. The fourth-order valence-corrected chi connectivity index (χ4v) is 6.23. The van der Waals surface area contributed by atoms with E-state index in [1.807, 2.05) is 0 Å². The molecule has 2 unspecified atom stereocenters. The first-order valence-electron chi connectivity index (χ1n) is 13.7. The van der Waals surface area contributed by atoms with Crippen molar-refractivity contribution in [2.24, 2.45) is 0 Å². The van der Waals surface area contributed by atoms with E-state index in [9.17, 15) is 40.3 Å². The lowest BCUT2D eigenvalue weighted by atomic mass is 9.84. The van der Waals surface area contributed by atoms with E-state index in [4.69, 9.17) is 4.74 Å². The predicted octanol–water partition coefficient (Wildman–Crippen LogP) is 6.69. The van der Waals surface area contributed by atoms with Gasteiger partial charge in [-0.1, -0.05) is 12.1 Å². The van der Waals surface area contributed by atoms with Gasteiger partial charge < -0.3 is 15.0 Å². The molecule has 0 spiro atoms. The van der Waals surface area contributed by atoms with Gasteiger partial charge in [-0.15, -0.1) is 0 Å². The number of fused-ring (bicyclic) bond motifs is 1. The number of piperidine rings is 1. The molecular weight excluding hydrogens is 569 g/mol. The Morgan fingerprint density at radius 3 is 2.19 bits per heavy atom. The van der Waals surface area contributed by atoms with Gasteiger partial charge in [0.1, 0.15) is 5.82 Å². The number of hydrogen-bond donors (Lipinski definition) is 1. The molecule has 5 atom stereocenters. The number of allylic oxidation sites excluding steroid dienone is 2. The second-order valence-electron chi connectivity index (χ2n) is 11.1. The molecule has 226 valence electrons. The molecule has 42 heavy (non-hydrogen) atoms. The molecule has 2 heterocycles. The van der Waals surface area contributed by atoms with Gasteiger partial charge in [0.25, 0.3) is 0 Å². The summed E-state index contributed by atoms with van der Waals surface area (Å²) < 4.78 is 101. The first-order chi connectivity index (χ1) is 19.7. The molecular formula is C30H29F7N2O3. The monoisotopic (exact) mass is 598 g/mol. The summed E-state index contributed by atoms with van der Waals surface area (Å²) >= 11 is 0. The standard InChI is InChI=1S/C30H29F7N2O3/c1-16(18-9-19(29(32,33)34)11-20(10-18)30(35,36)37)42-26-15-39-25(28(26)17-5-7-21(31)8-6-17)13-23(14-27(39)41)38-22-3-2-4-24(40)12-22/h5-12,16,23,25-26,28,38H,2-4,13-15H2,1H3/t16-,23?,25+,26+,28?/m1/s1. The van der Waals surface area contributed by atoms with Crippen molar-refractivity contribution in [3.63, 3.8) is 0 Å². The molecule has 0 aromatic heterocycles. The van der Waals surface area contributed by atoms with Crippen LogP contribution in [0.5, 0.6) is 0 Å². The number of amides is 1. The second-order valence-corrected chi connectivity index (χ2v) is 11.1. The number of ketones is 1. The van der Waals surface area contributed by atoms with Gasteiger partial charge in [-0.3, -0.25) is 9.59 Å². The summed E-state index contributed by atoms with van der Waals surface area (Å²) in [5.74, 6) is -1.22. The summed E-state index contributed by atoms with van der Waals surface area (Å²) in [6.45, 7) is 1.43. The maximum Gasteiger partial charge on any atom is 0.416 e. The van der Waals surface area contributed by atoms with Gasteiger partial charge in [0.15, 0.2) is 5.78 Å². The maximum atomic E-state index is 13.8. The second kappa shape index (κ2) is 11.3. The van der Waals surface area contributed by atoms with Crippen LogP contribution in [0.15, 0.2) is 54.2 Å². The normalized spacial score (nSPS) is 25.7. The number of ether oxygens (including phenoxy) is 1. The summed E-state index contributed by atoms with van der Waals surface area (Å²) in [5, 5.41) is 3.31. The minimum atomic E-state index is -5.01. The summed E-state index contributed by atoms with van der Waals surface area (Å²) in [6, 6.07) is 6.19. The molecule has 5 nitrogen and oxygen atoms in total. The van der Waals surface area contributed by atoms with Crippen LogP contribution < -0.4 is 5.32 Å². The zero-order valence-electron chi connectivity index (χ0n) is 22.6. The van der Waals surface area contributed by atoms with Gasteiger partial charge in [-0.25, -0.2) is 4.39 Å². The van der Waals surface area contributed by atoms with E-state index in [1.54, 1.807) is 23.1 Å². The number of hydrogen-bond acceptors (Lipinski definition) is 4. The van der Waals surface area contributed by atoms with Crippen LogP contribution >= 0.6 is 0 Å². The molecule has 0 saturated carbocycles. The Kier molecular flexibility index (Phi) is 8.12. The lowest BCUT2D eigenvalue weighted by Crippen LogP contribution is -2.50. The molecule has 5 rings (SSSR count). The van der Waals surface area contributed by atoms with Gasteiger partial charge in [0.05, 0.1) is 23.3 Å². The smallest absolute Gasteiger partial charge is 0.385 e. The Morgan fingerprint density at radius 2 is 1.60 bits per heavy atom. The lowest BCUT2D eigenvalue weighted by Gasteiger charge is -2.38. The number of rotatable bonds is 6. The SMILES string of the molecule is C[C@@H](O[C@H]1CN2C(=O)CC(NC3=CC(=O)CCC3)C[C@H]2C1c1ccc(F)cc1)c1cc(C(F)(F)F)cc(C(F)(F)F)c1. The lowest BCUT2D eigenvalue weighted by molar-refractivity contribution is -0.143. The number of carbonyl (C=O) groups excluding carboxylic acids is 2. The van der Waals surface area contributed by atoms with Crippen molar-refractivity contribution in [3.05, 3.63) is 82.3 Å². The van der Waals surface area contributed by atoms with E-state index in [2.05, 4.69) is 5.32 Å².